The van der Waals surface area contributed by atoms with Crippen LogP contribution >= 0.6 is 0 Å². The van der Waals surface area contributed by atoms with Gasteiger partial charge in [0.1, 0.15) is 0 Å². The molecule has 0 bridgehead atoms. The molecule has 21 heavy (non-hydrogen) atoms. The number of halogens is 3. The molecule has 1 aliphatic rings. The number of hydrogen-bond donors (Lipinski definition) is 0. The van der Waals surface area contributed by atoms with Crippen molar-refractivity contribution >= 4 is 0 Å². The lowest BCUT2D eigenvalue weighted by Crippen LogP contribution is -2.47. The molecule has 1 unspecified atom stereocenters. The maximum Gasteiger partial charge on any atom is 0.416 e. The zero-order valence-corrected chi connectivity index (χ0v) is 12.6. The fourth-order valence-electron chi connectivity index (χ4n) is 3.37. The van der Waals surface area contributed by atoms with Crippen LogP contribution in [0.1, 0.15) is 57.6 Å². The molecule has 0 amide bonds. The van der Waals surface area contributed by atoms with Gasteiger partial charge in [0.25, 0.3) is 0 Å². The van der Waals surface area contributed by atoms with E-state index in [1.54, 1.807) is 0 Å². The molecule has 5 heteroatoms. The van der Waals surface area contributed by atoms with Gasteiger partial charge >= 0.3 is 6.18 Å². The molecule has 0 saturated carbocycles. The summed E-state index contributed by atoms with van der Waals surface area (Å²) in [5.74, 6) is 0. The van der Waals surface area contributed by atoms with Crippen molar-refractivity contribution in [1.29, 1.82) is 0 Å². The van der Waals surface area contributed by atoms with Crippen molar-refractivity contribution in [1.82, 2.24) is 5.06 Å². The van der Waals surface area contributed by atoms with Crippen molar-refractivity contribution in [3.63, 3.8) is 0 Å². The molecule has 1 fully saturated rings. The van der Waals surface area contributed by atoms with Crippen molar-refractivity contribution in [2.45, 2.75) is 63.7 Å². The van der Waals surface area contributed by atoms with Crippen LogP contribution in [0, 0.1) is 0 Å². The Kier molecular flexibility index (Phi) is 4.10. The number of benzene rings is 1. The van der Waals surface area contributed by atoms with Gasteiger partial charge in [-0.3, -0.25) is 0 Å². The summed E-state index contributed by atoms with van der Waals surface area (Å²) in [6.45, 7) is 5.81. The topological polar surface area (TPSA) is 23.1 Å². The summed E-state index contributed by atoms with van der Waals surface area (Å²) in [7, 11) is 0. The molecule has 2 rings (SSSR count). The highest BCUT2D eigenvalue weighted by molar-refractivity contribution is 5.31. The summed E-state index contributed by atoms with van der Waals surface area (Å²) in [5, 5.41) is 13.9. The molecule has 0 aliphatic carbocycles. The quantitative estimate of drug-likeness (QED) is 0.777. The molecule has 1 aliphatic heterocycles. The van der Waals surface area contributed by atoms with Crippen LogP contribution in [0.5, 0.6) is 0 Å². The fraction of sp³-hybridized carbons (Fsp3) is 0.625. The number of rotatable bonds is 3. The van der Waals surface area contributed by atoms with E-state index in [1.165, 1.54) is 12.1 Å². The average Bonchev–Trinajstić information content (AvgIpc) is 2.72. The minimum absolute atomic E-state index is 0.391. The molecule has 1 aromatic rings. The van der Waals surface area contributed by atoms with Crippen molar-refractivity contribution < 1.29 is 18.4 Å². The summed E-state index contributed by atoms with van der Waals surface area (Å²) in [4.78, 5) is 0. The third-order valence-electron chi connectivity index (χ3n) is 5.11. The van der Waals surface area contributed by atoms with Crippen molar-refractivity contribution in [3.8, 4) is 0 Å². The molecule has 1 saturated heterocycles. The first-order chi connectivity index (χ1) is 9.69. The van der Waals surface area contributed by atoms with Crippen LogP contribution in [0.15, 0.2) is 24.3 Å². The Morgan fingerprint density at radius 1 is 1.10 bits per heavy atom. The second-order valence-electron chi connectivity index (χ2n) is 6.07. The van der Waals surface area contributed by atoms with Gasteiger partial charge in [0.2, 0.25) is 0 Å². The minimum Gasteiger partial charge on any atom is -0.166 e. The van der Waals surface area contributed by atoms with Gasteiger partial charge in [-0.1, -0.05) is 26.0 Å². The van der Waals surface area contributed by atoms with Crippen molar-refractivity contribution in [3.05, 3.63) is 35.4 Å². The normalized spacial score (nSPS) is 26.2. The van der Waals surface area contributed by atoms with Gasteiger partial charge < -0.3 is 0 Å². The van der Waals surface area contributed by atoms with Crippen LogP contribution < -0.4 is 0 Å². The van der Waals surface area contributed by atoms with E-state index < -0.39 is 22.8 Å². The van der Waals surface area contributed by atoms with E-state index in [0.29, 0.717) is 12.0 Å². The zero-order valence-electron chi connectivity index (χ0n) is 12.6. The standard InChI is InChI=1S/C16H21F3NO/c1-4-15(5-2)11-10-14(3,20(15)21)12-6-8-13(9-7-12)16(17,18)19/h6-9H,4-5,10-11H2,1-3H3. The molecule has 1 heterocycles. The van der Waals surface area contributed by atoms with Crippen molar-refractivity contribution in [2.75, 3.05) is 0 Å². The van der Waals surface area contributed by atoms with Crippen molar-refractivity contribution in [2.24, 2.45) is 0 Å². The maximum absolute atomic E-state index is 12.8. The summed E-state index contributed by atoms with van der Waals surface area (Å²) in [6, 6.07) is 5.00. The summed E-state index contributed by atoms with van der Waals surface area (Å²) >= 11 is 0. The third-order valence-corrected chi connectivity index (χ3v) is 5.11. The average molecular weight is 300 g/mol. The van der Waals surface area contributed by atoms with Crippen LogP contribution in [0.25, 0.3) is 0 Å². The lowest BCUT2D eigenvalue weighted by atomic mass is 9.89. The number of nitrogens with zero attached hydrogens (tertiary/aromatic N) is 1. The number of alkyl halides is 3. The lowest BCUT2D eigenvalue weighted by Gasteiger charge is -2.38. The highest BCUT2D eigenvalue weighted by Gasteiger charge is 2.52. The Labute approximate surface area is 123 Å². The first-order valence-electron chi connectivity index (χ1n) is 7.35. The fourth-order valence-corrected chi connectivity index (χ4v) is 3.37. The predicted molar refractivity (Wildman–Crippen MR) is 73.9 cm³/mol. The van der Waals surface area contributed by atoms with Gasteiger partial charge in [0, 0.05) is 5.54 Å². The molecule has 0 N–H and O–H groups in total. The SMILES string of the molecule is CCC1(CC)CCC(C)(c2ccc(C(F)(F)F)cc2)N1[O]. The smallest absolute Gasteiger partial charge is 0.166 e. The van der Waals surface area contributed by atoms with E-state index in [-0.39, 0.29) is 0 Å². The zero-order chi connectivity index (χ0) is 15.9. The van der Waals surface area contributed by atoms with Gasteiger partial charge in [-0.25, -0.2) is 0 Å². The highest BCUT2D eigenvalue weighted by atomic mass is 19.4. The largest absolute Gasteiger partial charge is 0.416 e. The Morgan fingerprint density at radius 3 is 2.00 bits per heavy atom. The molecule has 0 spiro atoms. The first kappa shape index (κ1) is 16.3. The highest BCUT2D eigenvalue weighted by Crippen LogP contribution is 2.49. The number of hydroxylamine groups is 2. The lowest BCUT2D eigenvalue weighted by molar-refractivity contribution is -0.262. The Bertz CT molecular complexity index is 493. The van der Waals surface area contributed by atoms with E-state index in [4.69, 9.17) is 0 Å². The van der Waals surface area contributed by atoms with Gasteiger partial charge in [-0.15, -0.1) is 10.3 Å². The van der Waals surface area contributed by atoms with Gasteiger partial charge in [-0.2, -0.15) is 13.2 Å². The van der Waals surface area contributed by atoms with E-state index in [9.17, 15) is 18.4 Å². The molecule has 1 atom stereocenters. The Morgan fingerprint density at radius 2 is 1.62 bits per heavy atom. The molecule has 1 aromatic carbocycles. The molecule has 0 aromatic heterocycles. The van der Waals surface area contributed by atoms with Gasteiger partial charge in [0.05, 0.1) is 11.1 Å². The second kappa shape index (κ2) is 5.29. The minimum atomic E-state index is -4.34. The predicted octanol–water partition coefficient (Wildman–Crippen LogP) is 4.92. The number of hydrogen-bond acceptors (Lipinski definition) is 1. The molecule has 2 nitrogen and oxygen atoms in total. The second-order valence-corrected chi connectivity index (χ2v) is 6.07. The Hall–Kier alpha value is -1.07. The Balaban J connectivity index is 2.34. The maximum atomic E-state index is 12.8. The summed E-state index contributed by atoms with van der Waals surface area (Å²) in [5.41, 5.74) is -1.15. The van der Waals surface area contributed by atoms with Crippen LogP contribution in [-0.4, -0.2) is 10.6 Å². The molecular formula is C16H21F3NO. The van der Waals surface area contributed by atoms with Gasteiger partial charge in [-0.05, 0) is 50.3 Å². The monoisotopic (exact) mass is 300 g/mol. The van der Waals surface area contributed by atoms with E-state index >= 15 is 0 Å². The molecule has 117 valence electrons. The van der Waals surface area contributed by atoms with Crippen LogP contribution in [0.3, 0.4) is 0 Å². The van der Waals surface area contributed by atoms with Crippen LogP contribution in [0.4, 0.5) is 13.2 Å². The van der Waals surface area contributed by atoms with Crippen LogP contribution in [0.2, 0.25) is 0 Å². The van der Waals surface area contributed by atoms with E-state index in [2.05, 4.69) is 0 Å². The first-order valence-corrected chi connectivity index (χ1v) is 7.35. The molecule has 1 radical (unpaired) electrons. The van der Waals surface area contributed by atoms with Crippen LogP contribution in [-0.2, 0) is 16.9 Å². The molecular weight excluding hydrogens is 279 g/mol. The third kappa shape index (κ3) is 2.57. The van der Waals surface area contributed by atoms with E-state index in [1.807, 2.05) is 20.8 Å². The van der Waals surface area contributed by atoms with E-state index in [0.717, 1.165) is 36.5 Å². The van der Waals surface area contributed by atoms with Gasteiger partial charge in [0.15, 0.2) is 0 Å². The summed E-state index contributed by atoms with van der Waals surface area (Å²) < 4.78 is 37.9. The summed E-state index contributed by atoms with van der Waals surface area (Å²) in [6.07, 6.45) is -1.39.